The zero-order chi connectivity index (χ0) is 19.4. The molecule has 7 heteroatoms. The quantitative estimate of drug-likeness (QED) is 0.814. The number of hydrogen-bond donors (Lipinski definition) is 1. The van der Waals surface area contributed by atoms with Crippen LogP contribution in [0.4, 0.5) is 5.69 Å². The summed E-state index contributed by atoms with van der Waals surface area (Å²) < 4.78 is 28.2. The third-order valence-corrected chi connectivity index (χ3v) is 6.49. The molecule has 0 aliphatic carbocycles. The maximum atomic E-state index is 12.8. The number of anilines is 1. The second kappa shape index (κ2) is 8.31. The van der Waals surface area contributed by atoms with Gasteiger partial charge in [0.1, 0.15) is 4.90 Å². The molecule has 1 aliphatic heterocycles. The predicted octanol–water partition coefficient (Wildman–Crippen LogP) is 4.47. The molecule has 0 atom stereocenters. The largest absolute Gasteiger partial charge is 0.339 e. The van der Waals surface area contributed by atoms with Crippen LogP contribution in [-0.2, 0) is 10.0 Å². The molecule has 0 aromatic heterocycles. The second-order valence-electron chi connectivity index (χ2n) is 6.83. The summed E-state index contributed by atoms with van der Waals surface area (Å²) in [5, 5.41) is 0.0857. The molecule has 1 heterocycles. The monoisotopic (exact) mass is 406 g/mol. The summed E-state index contributed by atoms with van der Waals surface area (Å²) >= 11 is 6.15. The molecular formula is C20H23ClN2O3S. The van der Waals surface area contributed by atoms with E-state index in [-0.39, 0.29) is 15.8 Å². The van der Waals surface area contributed by atoms with Crippen molar-refractivity contribution in [3.63, 3.8) is 0 Å². The molecule has 0 saturated carbocycles. The molecule has 1 aliphatic rings. The number of sulfonamides is 1. The third-order valence-electron chi connectivity index (χ3n) is 4.63. The molecule has 144 valence electrons. The van der Waals surface area contributed by atoms with Crippen molar-refractivity contribution in [1.82, 2.24) is 4.90 Å². The Labute approximate surface area is 165 Å². The van der Waals surface area contributed by atoms with Gasteiger partial charge in [-0.2, -0.15) is 0 Å². The Morgan fingerprint density at radius 1 is 1.04 bits per heavy atom. The number of amides is 1. The summed E-state index contributed by atoms with van der Waals surface area (Å²) in [6.45, 7) is 3.28. The van der Waals surface area contributed by atoms with E-state index in [0.717, 1.165) is 31.2 Å². The number of nitrogens with one attached hydrogen (secondary N) is 1. The molecule has 2 aromatic rings. The number of carbonyl (C=O) groups is 1. The Kier molecular flexibility index (Phi) is 6.07. The van der Waals surface area contributed by atoms with E-state index in [1.165, 1.54) is 12.1 Å². The van der Waals surface area contributed by atoms with Crippen molar-refractivity contribution >= 4 is 33.2 Å². The summed E-state index contributed by atoms with van der Waals surface area (Å²) in [5.74, 6) is -0.152. The van der Waals surface area contributed by atoms with Gasteiger partial charge in [-0.15, -0.1) is 0 Å². The van der Waals surface area contributed by atoms with E-state index in [0.29, 0.717) is 24.3 Å². The van der Waals surface area contributed by atoms with Crippen LogP contribution < -0.4 is 4.72 Å². The second-order valence-corrected chi connectivity index (χ2v) is 8.88. The van der Waals surface area contributed by atoms with Crippen LogP contribution in [0.2, 0.25) is 5.02 Å². The van der Waals surface area contributed by atoms with E-state index in [4.69, 9.17) is 11.6 Å². The molecule has 3 rings (SSSR count). The van der Waals surface area contributed by atoms with E-state index >= 15 is 0 Å². The molecule has 0 spiro atoms. The van der Waals surface area contributed by atoms with Gasteiger partial charge in [0.05, 0.1) is 5.02 Å². The summed E-state index contributed by atoms with van der Waals surface area (Å²) in [5.41, 5.74) is 1.73. The van der Waals surface area contributed by atoms with Gasteiger partial charge in [0.15, 0.2) is 0 Å². The van der Waals surface area contributed by atoms with Crippen molar-refractivity contribution < 1.29 is 13.2 Å². The smallest absolute Gasteiger partial charge is 0.263 e. The minimum absolute atomic E-state index is 0.0857. The molecule has 5 nitrogen and oxygen atoms in total. The Bertz CT molecular complexity index is 936. The highest BCUT2D eigenvalue weighted by Crippen LogP contribution is 2.26. The van der Waals surface area contributed by atoms with Crippen LogP contribution in [0, 0.1) is 6.92 Å². The Morgan fingerprint density at radius 3 is 2.41 bits per heavy atom. The zero-order valence-electron chi connectivity index (χ0n) is 15.2. The number of halogens is 1. The lowest BCUT2D eigenvalue weighted by molar-refractivity contribution is 0.0761. The maximum Gasteiger partial charge on any atom is 0.263 e. The average molecular weight is 407 g/mol. The van der Waals surface area contributed by atoms with Crippen molar-refractivity contribution in [3.05, 3.63) is 58.6 Å². The number of likely N-dealkylation sites (tertiary alicyclic amines) is 1. The molecule has 0 radical (unpaired) electrons. The lowest BCUT2D eigenvalue weighted by Gasteiger charge is -2.21. The van der Waals surface area contributed by atoms with Crippen LogP contribution in [0.5, 0.6) is 0 Å². The first-order valence-corrected chi connectivity index (χ1v) is 10.9. The van der Waals surface area contributed by atoms with Crippen LogP contribution in [0.1, 0.15) is 41.6 Å². The fourth-order valence-electron chi connectivity index (χ4n) is 3.22. The van der Waals surface area contributed by atoms with Gasteiger partial charge in [0, 0.05) is 24.3 Å². The molecule has 2 aromatic carbocycles. The summed E-state index contributed by atoms with van der Waals surface area (Å²) in [7, 11) is -3.91. The zero-order valence-corrected chi connectivity index (χ0v) is 16.8. The normalized spacial score (nSPS) is 15.3. The van der Waals surface area contributed by atoms with Crippen molar-refractivity contribution in [3.8, 4) is 0 Å². The van der Waals surface area contributed by atoms with Gasteiger partial charge in [-0.25, -0.2) is 8.42 Å². The van der Waals surface area contributed by atoms with Crippen molar-refractivity contribution in [1.29, 1.82) is 0 Å². The maximum absolute atomic E-state index is 12.8. The summed E-state index contributed by atoms with van der Waals surface area (Å²) in [6, 6.07) is 11.5. The number of nitrogens with zero attached hydrogens (tertiary/aromatic N) is 1. The SMILES string of the molecule is Cc1cccc(NS(=O)(=O)c2cc(C(=O)N3CCCCCC3)ccc2Cl)c1. The molecule has 0 bridgehead atoms. The van der Waals surface area contributed by atoms with E-state index in [9.17, 15) is 13.2 Å². The topological polar surface area (TPSA) is 66.5 Å². The molecule has 1 saturated heterocycles. The fraction of sp³-hybridized carbons (Fsp3) is 0.350. The van der Waals surface area contributed by atoms with Gasteiger partial charge in [-0.05, 0) is 55.7 Å². The number of aryl methyl sites for hydroxylation is 1. The molecule has 27 heavy (non-hydrogen) atoms. The first-order valence-electron chi connectivity index (χ1n) is 9.05. The van der Waals surface area contributed by atoms with Crippen molar-refractivity contribution in [2.75, 3.05) is 17.8 Å². The van der Waals surface area contributed by atoms with E-state index in [2.05, 4.69) is 4.72 Å². The number of benzene rings is 2. The molecule has 1 amide bonds. The van der Waals surface area contributed by atoms with Crippen LogP contribution >= 0.6 is 11.6 Å². The Morgan fingerprint density at radius 2 is 1.74 bits per heavy atom. The van der Waals surface area contributed by atoms with Crippen LogP contribution in [0.15, 0.2) is 47.4 Å². The average Bonchev–Trinajstić information content (AvgIpc) is 2.90. The highest BCUT2D eigenvalue weighted by atomic mass is 35.5. The highest BCUT2D eigenvalue weighted by molar-refractivity contribution is 7.92. The van der Waals surface area contributed by atoms with Gasteiger partial charge in [0.25, 0.3) is 15.9 Å². The fourth-order valence-corrected chi connectivity index (χ4v) is 4.79. The Balaban J connectivity index is 1.89. The number of carbonyl (C=O) groups excluding carboxylic acids is 1. The van der Waals surface area contributed by atoms with Crippen molar-refractivity contribution in [2.24, 2.45) is 0 Å². The van der Waals surface area contributed by atoms with Gasteiger partial charge in [0.2, 0.25) is 0 Å². The van der Waals surface area contributed by atoms with Crippen LogP contribution in [-0.4, -0.2) is 32.3 Å². The molecule has 1 fully saturated rings. The predicted molar refractivity (Wildman–Crippen MR) is 108 cm³/mol. The minimum Gasteiger partial charge on any atom is -0.339 e. The molecule has 1 N–H and O–H groups in total. The van der Waals surface area contributed by atoms with Crippen LogP contribution in [0.3, 0.4) is 0 Å². The van der Waals surface area contributed by atoms with Crippen molar-refractivity contribution in [2.45, 2.75) is 37.5 Å². The standard InChI is InChI=1S/C20H23ClN2O3S/c1-15-7-6-8-17(13-15)22-27(25,26)19-14-16(9-10-18(19)21)20(24)23-11-4-2-3-5-12-23/h6-10,13-14,22H,2-5,11-12H2,1H3. The molecule has 0 unspecified atom stereocenters. The van der Waals surface area contributed by atoms with Gasteiger partial charge in [-0.3, -0.25) is 9.52 Å². The molecular weight excluding hydrogens is 384 g/mol. The van der Waals surface area contributed by atoms with E-state index in [1.807, 2.05) is 13.0 Å². The van der Waals surface area contributed by atoms with E-state index < -0.39 is 10.0 Å². The lowest BCUT2D eigenvalue weighted by Crippen LogP contribution is -2.32. The van der Waals surface area contributed by atoms with Gasteiger partial charge in [-0.1, -0.05) is 36.6 Å². The number of hydrogen-bond acceptors (Lipinski definition) is 3. The minimum atomic E-state index is -3.91. The summed E-state index contributed by atoms with van der Waals surface area (Å²) in [6.07, 6.45) is 4.17. The third kappa shape index (κ3) is 4.82. The first kappa shape index (κ1) is 19.7. The van der Waals surface area contributed by atoms with E-state index in [1.54, 1.807) is 29.2 Å². The van der Waals surface area contributed by atoms with Gasteiger partial charge >= 0.3 is 0 Å². The van der Waals surface area contributed by atoms with Crippen LogP contribution in [0.25, 0.3) is 0 Å². The lowest BCUT2D eigenvalue weighted by atomic mass is 10.2. The van der Waals surface area contributed by atoms with Gasteiger partial charge < -0.3 is 4.90 Å². The Hall–Kier alpha value is -2.05. The number of rotatable bonds is 4. The summed E-state index contributed by atoms with van der Waals surface area (Å²) in [4.78, 5) is 14.5. The first-order chi connectivity index (χ1) is 12.9. The highest BCUT2D eigenvalue weighted by Gasteiger charge is 2.23.